The Kier molecular flexibility index (Phi) is 6.22. The minimum atomic E-state index is 0.771. The van der Waals surface area contributed by atoms with E-state index >= 15 is 0 Å². The predicted molar refractivity (Wildman–Crippen MR) is 72.8 cm³/mol. The van der Waals surface area contributed by atoms with Crippen LogP contribution in [0.25, 0.3) is 0 Å². The first-order valence-electron chi connectivity index (χ1n) is 6.79. The summed E-state index contributed by atoms with van der Waals surface area (Å²) in [5.41, 5.74) is 1.53. The van der Waals surface area contributed by atoms with Gasteiger partial charge in [0.05, 0.1) is 0 Å². The van der Waals surface area contributed by atoms with Crippen LogP contribution in [0.5, 0.6) is 0 Å². The highest BCUT2D eigenvalue weighted by molar-refractivity contribution is 5.19. The van der Waals surface area contributed by atoms with Gasteiger partial charge >= 0.3 is 0 Å². The van der Waals surface area contributed by atoms with Gasteiger partial charge in [0.1, 0.15) is 0 Å². The van der Waals surface area contributed by atoms with E-state index in [1.807, 2.05) is 0 Å². The van der Waals surface area contributed by atoms with Crippen molar-refractivity contribution < 1.29 is 0 Å². The smallest absolute Gasteiger partial charge is 0.0160 e. The molecule has 0 N–H and O–H groups in total. The van der Waals surface area contributed by atoms with Crippen LogP contribution in [0.4, 0.5) is 0 Å². The Bertz CT molecular complexity index is 261. The van der Waals surface area contributed by atoms with Gasteiger partial charge in [0.25, 0.3) is 0 Å². The molecule has 1 aromatic carbocycles. The van der Waals surface area contributed by atoms with Crippen molar-refractivity contribution in [3.63, 3.8) is 0 Å². The molecule has 0 aliphatic rings. The van der Waals surface area contributed by atoms with Gasteiger partial charge in [-0.1, -0.05) is 70.4 Å². The summed E-state index contributed by atoms with van der Waals surface area (Å²) in [6.45, 7) is 6.94. The van der Waals surface area contributed by atoms with E-state index in [-0.39, 0.29) is 0 Å². The first kappa shape index (κ1) is 13.3. The summed E-state index contributed by atoms with van der Waals surface area (Å²) in [4.78, 5) is 0. The van der Waals surface area contributed by atoms with E-state index in [9.17, 15) is 0 Å². The maximum absolute atomic E-state index is 2.33. The fourth-order valence-corrected chi connectivity index (χ4v) is 2.36. The van der Waals surface area contributed by atoms with E-state index in [1.165, 1.54) is 37.7 Å². The van der Waals surface area contributed by atoms with Crippen LogP contribution in [0.3, 0.4) is 0 Å². The molecule has 1 rings (SSSR count). The van der Waals surface area contributed by atoms with Crippen LogP contribution in [0, 0.1) is 5.92 Å². The molecule has 0 heteroatoms. The summed E-state index contributed by atoms with van der Waals surface area (Å²) >= 11 is 0. The monoisotopic (exact) mass is 218 g/mol. The lowest BCUT2D eigenvalue weighted by Gasteiger charge is -2.19. The highest BCUT2D eigenvalue weighted by Gasteiger charge is 2.12. The van der Waals surface area contributed by atoms with Gasteiger partial charge < -0.3 is 0 Å². The fraction of sp³-hybridized carbons (Fsp3) is 0.625. The molecule has 0 amide bonds. The SMILES string of the molecule is CCCCCC(CC(C)C)c1ccccc1. The first-order valence-corrected chi connectivity index (χ1v) is 6.79. The van der Waals surface area contributed by atoms with Gasteiger partial charge in [0.15, 0.2) is 0 Å². The Morgan fingerprint density at radius 1 is 1.00 bits per heavy atom. The summed E-state index contributed by atoms with van der Waals surface area (Å²) in [7, 11) is 0. The minimum Gasteiger partial charge on any atom is -0.0654 e. The highest BCUT2D eigenvalue weighted by atomic mass is 14.2. The summed E-state index contributed by atoms with van der Waals surface area (Å²) < 4.78 is 0. The van der Waals surface area contributed by atoms with Crippen LogP contribution in [-0.2, 0) is 0 Å². The van der Waals surface area contributed by atoms with Crippen molar-refractivity contribution in [2.45, 2.75) is 58.8 Å². The molecule has 1 atom stereocenters. The van der Waals surface area contributed by atoms with Crippen LogP contribution < -0.4 is 0 Å². The van der Waals surface area contributed by atoms with Crippen molar-refractivity contribution in [1.82, 2.24) is 0 Å². The quantitative estimate of drug-likeness (QED) is 0.538. The standard InChI is InChI=1S/C16H26/c1-4-5-7-12-16(13-14(2)3)15-10-8-6-9-11-15/h6,8-11,14,16H,4-5,7,12-13H2,1-3H3. The Balaban J connectivity index is 2.56. The molecule has 90 valence electrons. The molecule has 0 nitrogen and oxygen atoms in total. The van der Waals surface area contributed by atoms with Crippen molar-refractivity contribution in [2.24, 2.45) is 5.92 Å². The summed E-state index contributed by atoms with van der Waals surface area (Å²) in [5, 5.41) is 0. The highest BCUT2D eigenvalue weighted by Crippen LogP contribution is 2.28. The van der Waals surface area contributed by atoms with E-state index in [2.05, 4.69) is 51.1 Å². The number of rotatable bonds is 7. The summed E-state index contributed by atoms with van der Waals surface area (Å²) in [6, 6.07) is 11.0. The Morgan fingerprint density at radius 2 is 1.69 bits per heavy atom. The third-order valence-electron chi connectivity index (χ3n) is 3.18. The van der Waals surface area contributed by atoms with Crippen LogP contribution in [-0.4, -0.2) is 0 Å². The van der Waals surface area contributed by atoms with Crippen LogP contribution in [0.1, 0.15) is 64.4 Å². The lowest BCUT2D eigenvalue weighted by atomic mass is 9.86. The average Bonchev–Trinajstić information content (AvgIpc) is 2.29. The molecular formula is C16H26. The van der Waals surface area contributed by atoms with Crippen LogP contribution in [0.15, 0.2) is 30.3 Å². The van der Waals surface area contributed by atoms with E-state index in [1.54, 1.807) is 0 Å². The molecule has 0 spiro atoms. The first-order chi connectivity index (χ1) is 7.74. The third-order valence-corrected chi connectivity index (χ3v) is 3.18. The predicted octanol–water partition coefficient (Wildman–Crippen LogP) is 5.40. The van der Waals surface area contributed by atoms with Crippen LogP contribution >= 0.6 is 0 Å². The van der Waals surface area contributed by atoms with Gasteiger partial charge in [-0.3, -0.25) is 0 Å². The van der Waals surface area contributed by atoms with Gasteiger partial charge in [0.2, 0.25) is 0 Å². The number of unbranched alkanes of at least 4 members (excludes halogenated alkanes) is 2. The second-order valence-corrected chi connectivity index (χ2v) is 5.23. The lowest BCUT2D eigenvalue weighted by Crippen LogP contribution is -2.03. The topological polar surface area (TPSA) is 0 Å². The second-order valence-electron chi connectivity index (χ2n) is 5.23. The Morgan fingerprint density at radius 3 is 2.25 bits per heavy atom. The molecule has 0 heterocycles. The molecule has 0 aliphatic heterocycles. The third kappa shape index (κ3) is 4.83. The molecule has 0 fully saturated rings. The second kappa shape index (κ2) is 7.49. The Labute approximate surface area is 101 Å². The molecule has 0 saturated heterocycles. The molecule has 0 aromatic heterocycles. The fourth-order valence-electron chi connectivity index (χ4n) is 2.36. The average molecular weight is 218 g/mol. The minimum absolute atomic E-state index is 0.771. The van der Waals surface area contributed by atoms with Crippen molar-refractivity contribution >= 4 is 0 Å². The van der Waals surface area contributed by atoms with E-state index in [4.69, 9.17) is 0 Å². The maximum atomic E-state index is 2.33. The Hall–Kier alpha value is -0.780. The van der Waals surface area contributed by atoms with Crippen molar-refractivity contribution in [3.05, 3.63) is 35.9 Å². The molecule has 0 saturated carbocycles. The normalized spacial score (nSPS) is 13.0. The molecular weight excluding hydrogens is 192 g/mol. The van der Waals surface area contributed by atoms with Crippen molar-refractivity contribution in [1.29, 1.82) is 0 Å². The van der Waals surface area contributed by atoms with E-state index in [0.717, 1.165) is 11.8 Å². The van der Waals surface area contributed by atoms with Crippen molar-refractivity contribution in [2.75, 3.05) is 0 Å². The zero-order chi connectivity index (χ0) is 11.8. The van der Waals surface area contributed by atoms with Gasteiger partial charge in [0, 0.05) is 0 Å². The maximum Gasteiger partial charge on any atom is -0.0160 e. The molecule has 0 aliphatic carbocycles. The van der Waals surface area contributed by atoms with Gasteiger partial charge in [-0.15, -0.1) is 0 Å². The molecule has 1 aromatic rings. The van der Waals surface area contributed by atoms with E-state index in [0.29, 0.717) is 0 Å². The molecule has 16 heavy (non-hydrogen) atoms. The zero-order valence-corrected chi connectivity index (χ0v) is 11.1. The lowest BCUT2D eigenvalue weighted by molar-refractivity contribution is 0.459. The van der Waals surface area contributed by atoms with Gasteiger partial charge in [-0.05, 0) is 30.2 Å². The molecule has 0 bridgehead atoms. The molecule has 1 unspecified atom stereocenters. The summed E-state index contributed by atoms with van der Waals surface area (Å²) in [6.07, 6.45) is 6.76. The molecule has 0 radical (unpaired) electrons. The number of hydrogen-bond donors (Lipinski definition) is 0. The van der Waals surface area contributed by atoms with E-state index < -0.39 is 0 Å². The van der Waals surface area contributed by atoms with Crippen LogP contribution in [0.2, 0.25) is 0 Å². The van der Waals surface area contributed by atoms with Gasteiger partial charge in [-0.25, -0.2) is 0 Å². The van der Waals surface area contributed by atoms with Crippen molar-refractivity contribution in [3.8, 4) is 0 Å². The number of hydrogen-bond acceptors (Lipinski definition) is 0. The number of benzene rings is 1. The van der Waals surface area contributed by atoms with Gasteiger partial charge in [-0.2, -0.15) is 0 Å². The zero-order valence-electron chi connectivity index (χ0n) is 11.1. The summed E-state index contributed by atoms with van der Waals surface area (Å²) in [5.74, 6) is 1.57. The largest absolute Gasteiger partial charge is 0.0654 e.